The number of likely N-dealkylation sites (N-methyl/N-ethyl adjacent to an activating group) is 1. The molecule has 0 radical (unpaired) electrons. The number of carbonyl (C=O) groups is 1. The molecule has 0 N–H and O–H groups in total. The summed E-state index contributed by atoms with van der Waals surface area (Å²) in [5, 5.41) is 4.36. The molecule has 1 aromatic heterocycles. The van der Waals surface area contributed by atoms with Gasteiger partial charge in [-0.25, -0.2) is 4.39 Å². The maximum Gasteiger partial charge on any atom is 0.272 e. The zero-order chi connectivity index (χ0) is 23.4. The minimum absolute atomic E-state index is 0.0150. The molecule has 2 aromatic carbocycles. The molecule has 0 bridgehead atoms. The molecule has 33 heavy (non-hydrogen) atoms. The lowest BCUT2D eigenvalue weighted by Gasteiger charge is -2.40. The van der Waals surface area contributed by atoms with Crippen molar-refractivity contribution in [3.63, 3.8) is 0 Å². The van der Waals surface area contributed by atoms with Gasteiger partial charge in [-0.15, -0.1) is 0 Å². The monoisotopic (exact) mass is 448 g/mol. The second-order valence-electron chi connectivity index (χ2n) is 9.21. The highest BCUT2D eigenvalue weighted by Crippen LogP contribution is 2.28. The van der Waals surface area contributed by atoms with Crippen molar-refractivity contribution < 1.29 is 9.18 Å². The van der Waals surface area contributed by atoms with Crippen LogP contribution in [-0.2, 0) is 20.0 Å². The van der Waals surface area contributed by atoms with Gasteiger partial charge in [0.1, 0.15) is 11.5 Å². The highest BCUT2D eigenvalue weighted by molar-refractivity contribution is 5.92. The first-order chi connectivity index (χ1) is 15.9. The van der Waals surface area contributed by atoms with Gasteiger partial charge in [0.2, 0.25) is 0 Å². The fourth-order valence-corrected chi connectivity index (χ4v) is 5.01. The summed E-state index contributed by atoms with van der Waals surface area (Å²) >= 11 is 0. The summed E-state index contributed by atoms with van der Waals surface area (Å²) in [5.41, 5.74) is 3.72. The molecule has 2 heterocycles. The van der Waals surface area contributed by atoms with Crippen LogP contribution in [0.2, 0.25) is 0 Å². The van der Waals surface area contributed by atoms with E-state index in [4.69, 9.17) is 0 Å². The molecular formula is C27H33FN4O. The molecule has 0 unspecified atom stereocenters. The summed E-state index contributed by atoms with van der Waals surface area (Å²) in [4.78, 5) is 17.7. The standard InChI is InChI=1S/C27H33FN4O/c1-20-16-26(31(3)29-20)27(33)30(2)25(18-21-8-5-4-6-9-21)23-12-14-32(15-13-23)19-22-10-7-11-24(28)17-22/h4-11,16-17,23,25H,12-15,18-19H2,1-3H3/t25-/m0/s1. The number of aromatic nitrogens is 2. The fourth-order valence-electron chi connectivity index (χ4n) is 5.01. The lowest BCUT2D eigenvalue weighted by molar-refractivity contribution is 0.0575. The number of carbonyl (C=O) groups excluding carboxylic acids is 1. The number of hydrogen-bond donors (Lipinski definition) is 0. The molecule has 0 saturated carbocycles. The Hall–Kier alpha value is -2.99. The van der Waals surface area contributed by atoms with Gasteiger partial charge in [-0.1, -0.05) is 42.5 Å². The summed E-state index contributed by atoms with van der Waals surface area (Å²) in [6, 6.07) is 19.2. The number of likely N-dealkylation sites (tertiary alicyclic amines) is 1. The molecule has 0 spiro atoms. The first kappa shape index (κ1) is 23.2. The average Bonchev–Trinajstić information content (AvgIpc) is 3.15. The van der Waals surface area contributed by atoms with E-state index < -0.39 is 0 Å². The maximum absolute atomic E-state index is 13.6. The summed E-state index contributed by atoms with van der Waals surface area (Å²) in [5.74, 6) is 0.231. The van der Waals surface area contributed by atoms with E-state index in [-0.39, 0.29) is 17.8 Å². The van der Waals surface area contributed by atoms with Crippen LogP contribution < -0.4 is 0 Å². The van der Waals surface area contributed by atoms with Gasteiger partial charge in [-0.3, -0.25) is 14.4 Å². The number of nitrogens with zero attached hydrogens (tertiary/aromatic N) is 4. The van der Waals surface area contributed by atoms with Crippen molar-refractivity contribution in [3.8, 4) is 0 Å². The predicted molar refractivity (Wildman–Crippen MR) is 128 cm³/mol. The number of halogens is 1. The Morgan fingerprint density at radius 2 is 1.79 bits per heavy atom. The van der Waals surface area contributed by atoms with Crippen molar-refractivity contribution >= 4 is 5.91 Å². The first-order valence-electron chi connectivity index (χ1n) is 11.7. The van der Waals surface area contributed by atoms with Gasteiger partial charge in [0.05, 0.1) is 5.69 Å². The van der Waals surface area contributed by atoms with Gasteiger partial charge < -0.3 is 4.90 Å². The summed E-state index contributed by atoms with van der Waals surface area (Å²) in [7, 11) is 3.75. The molecule has 6 heteroatoms. The Labute approximate surface area is 195 Å². The second kappa shape index (κ2) is 10.3. The zero-order valence-corrected chi connectivity index (χ0v) is 19.7. The number of hydrogen-bond acceptors (Lipinski definition) is 3. The Morgan fingerprint density at radius 1 is 1.09 bits per heavy atom. The number of piperidine rings is 1. The molecule has 4 rings (SSSR count). The highest BCUT2D eigenvalue weighted by Gasteiger charge is 2.32. The predicted octanol–water partition coefficient (Wildman–Crippen LogP) is 4.46. The molecular weight excluding hydrogens is 415 g/mol. The molecule has 1 fully saturated rings. The number of amides is 1. The van der Waals surface area contributed by atoms with Crippen LogP contribution in [0, 0.1) is 18.7 Å². The van der Waals surface area contributed by atoms with E-state index in [0.29, 0.717) is 11.6 Å². The van der Waals surface area contributed by atoms with Crippen LogP contribution in [0.4, 0.5) is 4.39 Å². The lowest BCUT2D eigenvalue weighted by Crippen LogP contribution is -2.47. The van der Waals surface area contributed by atoms with Gasteiger partial charge in [0, 0.05) is 26.7 Å². The molecule has 1 saturated heterocycles. The first-order valence-corrected chi connectivity index (χ1v) is 11.7. The Bertz CT molecular complexity index is 1070. The van der Waals surface area contributed by atoms with E-state index in [1.54, 1.807) is 16.8 Å². The van der Waals surface area contributed by atoms with Crippen LogP contribution in [-0.4, -0.2) is 51.7 Å². The SMILES string of the molecule is Cc1cc(C(=O)N(C)[C@@H](Cc2ccccc2)C2CCN(Cc3cccc(F)c3)CC2)n(C)n1. The Kier molecular flexibility index (Phi) is 7.23. The van der Waals surface area contributed by atoms with Gasteiger partial charge in [0.25, 0.3) is 5.91 Å². The summed E-state index contributed by atoms with van der Waals surface area (Å²) in [6.07, 6.45) is 2.85. The fraction of sp³-hybridized carbons (Fsp3) is 0.407. The van der Waals surface area contributed by atoms with Crippen molar-refractivity contribution in [1.82, 2.24) is 19.6 Å². The van der Waals surface area contributed by atoms with Gasteiger partial charge in [0.15, 0.2) is 0 Å². The van der Waals surface area contributed by atoms with Crippen LogP contribution >= 0.6 is 0 Å². The number of benzene rings is 2. The van der Waals surface area contributed by atoms with Gasteiger partial charge in [-0.2, -0.15) is 5.10 Å². The molecule has 1 aliphatic rings. The minimum Gasteiger partial charge on any atom is -0.337 e. The van der Waals surface area contributed by atoms with E-state index >= 15 is 0 Å². The highest BCUT2D eigenvalue weighted by atomic mass is 19.1. The summed E-state index contributed by atoms with van der Waals surface area (Å²) < 4.78 is 15.2. The Balaban J connectivity index is 1.48. The topological polar surface area (TPSA) is 41.4 Å². The molecule has 1 amide bonds. The average molecular weight is 449 g/mol. The molecule has 0 aliphatic carbocycles. The van der Waals surface area contributed by atoms with Crippen molar-refractivity contribution in [2.24, 2.45) is 13.0 Å². The lowest BCUT2D eigenvalue weighted by atomic mass is 9.84. The third kappa shape index (κ3) is 5.69. The maximum atomic E-state index is 13.6. The normalized spacial score (nSPS) is 16.0. The van der Waals surface area contributed by atoms with E-state index in [1.807, 2.05) is 44.1 Å². The molecule has 1 atom stereocenters. The van der Waals surface area contributed by atoms with Crippen molar-refractivity contribution in [3.05, 3.63) is 89.0 Å². The molecule has 174 valence electrons. The van der Waals surface area contributed by atoms with Crippen LogP contribution in [0.5, 0.6) is 0 Å². The molecule has 3 aromatic rings. The van der Waals surface area contributed by atoms with E-state index in [9.17, 15) is 9.18 Å². The van der Waals surface area contributed by atoms with Crippen molar-refractivity contribution in [1.29, 1.82) is 0 Å². The van der Waals surface area contributed by atoms with Gasteiger partial charge in [-0.05, 0) is 74.5 Å². The van der Waals surface area contributed by atoms with Crippen LogP contribution in [0.15, 0.2) is 60.7 Å². The quantitative estimate of drug-likeness (QED) is 0.536. The minimum atomic E-state index is -0.184. The van der Waals surface area contributed by atoms with Crippen LogP contribution in [0.3, 0.4) is 0 Å². The summed E-state index contributed by atoms with van der Waals surface area (Å²) in [6.45, 7) is 4.56. The second-order valence-corrected chi connectivity index (χ2v) is 9.21. The number of aryl methyl sites for hydroxylation is 2. The van der Waals surface area contributed by atoms with Crippen LogP contribution in [0.25, 0.3) is 0 Å². The Morgan fingerprint density at radius 3 is 2.42 bits per heavy atom. The third-order valence-corrected chi connectivity index (χ3v) is 6.80. The van der Waals surface area contributed by atoms with E-state index in [2.05, 4.69) is 34.3 Å². The van der Waals surface area contributed by atoms with Crippen molar-refractivity contribution in [2.45, 2.75) is 38.8 Å². The zero-order valence-electron chi connectivity index (χ0n) is 19.7. The van der Waals surface area contributed by atoms with Gasteiger partial charge >= 0.3 is 0 Å². The number of rotatable bonds is 7. The van der Waals surface area contributed by atoms with Crippen molar-refractivity contribution in [2.75, 3.05) is 20.1 Å². The molecule has 1 aliphatic heterocycles. The smallest absolute Gasteiger partial charge is 0.272 e. The van der Waals surface area contributed by atoms with E-state index in [1.165, 1.54) is 11.6 Å². The molecule has 5 nitrogen and oxygen atoms in total. The third-order valence-electron chi connectivity index (χ3n) is 6.80. The van der Waals surface area contributed by atoms with E-state index in [0.717, 1.165) is 50.2 Å². The van der Waals surface area contributed by atoms with Crippen LogP contribution in [0.1, 0.15) is 40.2 Å². The largest absolute Gasteiger partial charge is 0.337 e.